The van der Waals surface area contributed by atoms with Crippen molar-refractivity contribution in [3.8, 4) is 0 Å². The van der Waals surface area contributed by atoms with Gasteiger partial charge in [0.1, 0.15) is 22.1 Å². The van der Waals surface area contributed by atoms with Gasteiger partial charge in [0.25, 0.3) is 0 Å². The maximum absolute atomic E-state index is 4.81. The molecule has 0 amide bonds. The van der Waals surface area contributed by atoms with Gasteiger partial charge in [0, 0.05) is 10.8 Å². The molecule has 0 N–H and O–H groups in total. The molecule has 5 aromatic rings. The Morgan fingerprint density at radius 3 is 1.60 bits per heavy atom. The van der Waals surface area contributed by atoms with Gasteiger partial charge in [-0.25, -0.2) is 9.26 Å². The van der Waals surface area contributed by atoms with Gasteiger partial charge < -0.3 is 0 Å². The molecule has 2 heterocycles. The number of nitrogens with zero attached hydrogens (tertiary/aromatic N) is 4. The summed E-state index contributed by atoms with van der Waals surface area (Å²) in [6.07, 6.45) is 0. The van der Waals surface area contributed by atoms with Crippen molar-refractivity contribution < 1.29 is 9.26 Å². The summed E-state index contributed by atoms with van der Waals surface area (Å²) in [4.78, 5) is 0. The molecule has 0 atom stereocenters. The average molecular weight is 262 g/mol. The van der Waals surface area contributed by atoms with E-state index >= 15 is 0 Å². The summed E-state index contributed by atoms with van der Waals surface area (Å²) >= 11 is 0. The highest BCUT2D eigenvalue weighted by Gasteiger charge is 2.10. The lowest BCUT2D eigenvalue weighted by atomic mass is 10.0. The van der Waals surface area contributed by atoms with Crippen LogP contribution < -0.4 is 0 Å². The predicted molar refractivity (Wildman–Crippen MR) is 72.2 cm³/mol. The largest absolute Gasteiger partial charge is 0.243 e. The first-order valence-electron chi connectivity index (χ1n) is 6.10. The molecule has 2 aromatic heterocycles. The van der Waals surface area contributed by atoms with Gasteiger partial charge in [-0.2, -0.15) is 0 Å². The second-order valence-corrected chi connectivity index (χ2v) is 4.69. The Morgan fingerprint density at radius 1 is 0.600 bits per heavy atom. The van der Waals surface area contributed by atoms with E-state index in [1.807, 2.05) is 24.3 Å². The second kappa shape index (κ2) is 3.30. The normalized spacial score (nSPS) is 12.0. The molecular weight excluding hydrogens is 256 g/mol. The Labute approximate surface area is 110 Å². The molecule has 6 heteroatoms. The molecule has 0 fully saturated rings. The molecule has 94 valence electrons. The highest BCUT2D eigenvalue weighted by Crippen LogP contribution is 2.30. The van der Waals surface area contributed by atoms with Gasteiger partial charge in [-0.1, -0.05) is 12.1 Å². The fourth-order valence-corrected chi connectivity index (χ4v) is 2.64. The van der Waals surface area contributed by atoms with Gasteiger partial charge in [-0.15, -0.1) is 0 Å². The number of aromatic nitrogens is 4. The van der Waals surface area contributed by atoms with Crippen LogP contribution in [0.2, 0.25) is 0 Å². The lowest BCUT2D eigenvalue weighted by Gasteiger charge is -2.02. The van der Waals surface area contributed by atoms with Crippen LogP contribution in [0.3, 0.4) is 0 Å². The quantitative estimate of drug-likeness (QED) is 0.399. The highest BCUT2D eigenvalue weighted by atomic mass is 16.6. The van der Waals surface area contributed by atoms with Crippen LogP contribution in [0, 0.1) is 0 Å². The fraction of sp³-hybridized carbons (Fsp3) is 0. The van der Waals surface area contributed by atoms with E-state index in [1.165, 1.54) is 0 Å². The number of hydrogen-bond donors (Lipinski definition) is 0. The van der Waals surface area contributed by atoms with Crippen LogP contribution in [0.5, 0.6) is 0 Å². The summed E-state index contributed by atoms with van der Waals surface area (Å²) in [5.41, 5.74) is 3.03. The van der Waals surface area contributed by atoms with Crippen molar-refractivity contribution >= 4 is 43.6 Å². The topological polar surface area (TPSA) is 77.8 Å². The van der Waals surface area contributed by atoms with E-state index in [1.54, 1.807) is 0 Å². The standard InChI is InChI=1S/C14H6N4O2/c1-3-11-13(17-19-15-11)9-6-8-2-4-12-14(18-20-16-12)10(8)5-7(1)9/h1-6H. The van der Waals surface area contributed by atoms with Crippen LogP contribution in [-0.4, -0.2) is 20.6 Å². The fourth-order valence-electron chi connectivity index (χ4n) is 2.64. The smallest absolute Gasteiger partial charge is 0.143 e. The zero-order valence-electron chi connectivity index (χ0n) is 10.1. The van der Waals surface area contributed by atoms with Crippen molar-refractivity contribution in [3.05, 3.63) is 36.4 Å². The average Bonchev–Trinajstić information content (AvgIpc) is 3.13. The van der Waals surface area contributed by atoms with Gasteiger partial charge in [-0.3, -0.25) is 0 Å². The molecule has 0 aliphatic heterocycles. The zero-order chi connectivity index (χ0) is 13.1. The maximum atomic E-state index is 4.81. The Kier molecular flexibility index (Phi) is 1.62. The van der Waals surface area contributed by atoms with Crippen molar-refractivity contribution in [2.24, 2.45) is 0 Å². The molecule has 6 nitrogen and oxygen atoms in total. The van der Waals surface area contributed by atoms with Crippen molar-refractivity contribution in [2.45, 2.75) is 0 Å². The Morgan fingerprint density at radius 2 is 1.10 bits per heavy atom. The third kappa shape index (κ3) is 1.13. The SMILES string of the molecule is c1cc2nonc2c2cc3ccc4nonc4c3cc12. The van der Waals surface area contributed by atoms with E-state index in [2.05, 4.69) is 32.8 Å². The molecule has 3 aromatic carbocycles. The van der Waals surface area contributed by atoms with Crippen LogP contribution >= 0.6 is 0 Å². The summed E-state index contributed by atoms with van der Waals surface area (Å²) in [5.74, 6) is 0. The van der Waals surface area contributed by atoms with Crippen molar-refractivity contribution in [3.63, 3.8) is 0 Å². The minimum Gasteiger partial charge on any atom is -0.243 e. The van der Waals surface area contributed by atoms with Gasteiger partial charge in [0.2, 0.25) is 0 Å². The monoisotopic (exact) mass is 262 g/mol. The van der Waals surface area contributed by atoms with E-state index in [9.17, 15) is 0 Å². The molecular formula is C14H6N4O2. The first kappa shape index (κ1) is 9.85. The van der Waals surface area contributed by atoms with E-state index < -0.39 is 0 Å². The van der Waals surface area contributed by atoms with Crippen LogP contribution in [0.4, 0.5) is 0 Å². The van der Waals surface area contributed by atoms with Crippen LogP contribution in [0.1, 0.15) is 0 Å². The molecule has 0 unspecified atom stereocenters. The molecule has 0 saturated heterocycles. The number of fused-ring (bicyclic) bond motifs is 6. The van der Waals surface area contributed by atoms with Crippen molar-refractivity contribution in [1.82, 2.24) is 20.6 Å². The first-order valence-corrected chi connectivity index (χ1v) is 6.10. The van der Waals surface area contributed by atoms with E-state index in [4.69, 9.17) is 9.26 Å². The zero-order valence-corrected chi connectivity index (χ0v) is 10.1. The lowest BCUT2D eigenvalue weighted by Crippen LogP contribution is -1.81. The van der Waals surface area contributed by atoms with Crippen LogP contribution in [-0.2, 0) is 0 Å². The summed E-state index contributed by atoms with van der Waals surface area (Å²) < 4.78 is 9.61. The third-order valence-corrected chi connectivity index (χ3v) is 3.60. The number of benzene rings is 3. The molecule has 0 spiro atoms. The van der Waals surface area contributed by atoms with Crippen LogP contribution in [0.25, 0.3) is 43.6 Å². The van der Waals surface area contributed by atoms with Gasteiger partial charge in [0.05, 0.1) is 0 Å². The van der Waals surface area contributed by atoms with Crippen molar-refractivity contribution in [2.75, 3.05) is 0 Å². The summed E-state index contributed by atoms with van der Waals surface area (Å²) in [6.45, 7) is 0. The molecule has 20 heavy (non-hydrogen) atoms. The molecule has 0 bridgehead atoms. The van der Waals surface area contributed by atoms with E-state index in [0.29, 0.717) is 0 Å². The van der Waals surface area contributed by atoms with Crippen molar-refractivity contribution in [1.29, 1.82) is 0 Å². The number of rotatable bonds is 0. The second-order valence-electron chi connectivity index (χ2n) is 4.69. The molecule has 0 saturated carbocycles. The Balaban J connectivity index is 2.07. The lowest BCUT2D eigenvalue weighted by molar-refractivity contribution is 0.315. The highest BCUT2D eigenvalue weighted by molar-refractivity contribution is 6.14. The minimum atomic E-state index is 0.751. The first-order chi connectivity index (χ1) is 9.90. The van der Waals surface area contributed by atoms with E-state index in [-0.39, 0.29) is 0 Å². The van der Waals surface area contributed by atoms with Gasteiger partial charge in [0.15, 0.2) is 0 Å². The Bertz CT molecular complexity index is 1020. The summed E-state index contributed by atoms with van der Waals surface area (Å²) in [5, 5.41) is 19.8. The molecule has 0 radical (unpaired) electrons. The number of hydrogen-bond acceptors (Lipinski definition) is 6. The van der Waals surface area contributed by atoms with E-state index in [0.717, 1.165) is 43.6 Å². The summed E-state index contributed by atoms with van der Waals surface area (Å²) in [6, 6.07) is 11.9. The molecule has 0 aliphatic rings. The third-order valence-electron chi connectivity index (χ3n) is 3.60. The minimum absolute atomic E-state index is 0.751. The summed E-state index contributed by atoms with van der Waals surface area (Å²) in [7, 11) is 0. The Hall–Kier alpha value is -3.02. The van der Waals surface area contributed by atoms with Gasteiger partial charge in [-0.05, 0) is 55.7 Å². The van der Waals surface area contributed by atoms with Gasteiger partial charge >= 0.3 is 0 Å². The molecule has 5 rings (SSSR count). The molecule has 0 aliphatic carbocycles. The van der Waals surface area contributed by atoms with Crippen LogP contribution in [0.15, 0.2) is 45.7 Å². The maximum Gasteiger partial charge on any atom is 0.143 e. The predicted octanol–water partition coefficient (Wildman–Crippen LogP) is 3.07.